The van der Waals surface area contributed by atoms with Gasteiger partial charge in [0.2, 0.25) is 17.3 Å². The lowest BCUT2D eigenvalue weighted by Gasteiger charge is -2.37. The van der Waals surface area contributed by atoms with Crippen molar-refractivity contribution in [2.24, 2.45) is 16.7 Å². The van der Waals surface area contributed by atoms with Gasteiger partial charge in [0.05, 0.1) is 17.8 Å². The molecule has 40 heavy (non-hydrogen) atoms. The first kappa shape index (κ1) is 26.1. The van der Waals surface area contributed by atoms with Crippen LogP contribution in [0.1, 0.15) is 44.7 Å². The van der Waals surface area contributed by atoms with Gasteiger partial charge in [0, 0.05) is 16.0 Å². The molecule has 1 amide bonds. The van der Waals surface area contributed by atoms with E-state index in [1.165, 1.54) is 16.4 Å². The van der Waals surface area contributed by atoms with Crippen LogP contribution in [0.5, 0.6) is 0 Å². The summed E-state index contributed by atoms with van der Waals surface area (Å²) in [4.78, 5) is 14.5. The molecule has 3 aromatic carbocycles. The number of hydrogen-bond acceptors (Lipinski definition) is 4. The van der Waals surface area contributed by atoms with E-state index in [9.17, 15) is 17.6 Å². The Kier molecular flexibility index (Phi) is 5.62. The van der Waals surface area contributed by atoms with Gasteiger partial charge in [-0.2, -0.15) is 0 Å². The van der Waals surface area contributed by atoms with Gasteiger partial charge in [-0.3, -0.25) is 9.36 Å². The molecule has 6 atom stereocenters. The predicted molar refractivity (Wildman–Crippen MR) is 153 cm³/mol. The van der Waals surface area contributed by atoms with Crippen LogP contribution >= 0.6 is 7.29 Å². The molecular formula is C31H32FN2O4PS. The molecule has 1 unspecified atom stereocenters. The fraction of sp³-hybridized carbons (Fsp3) is 0.387. The summed E-state index contributed by atoms with van der Waals surface area (Å²) in [6.45, 7) is 4.30. The summed E-state index contributed by atoms with van der Waals surface area (Å²) in [5.74, 6) is -0.595. The van der Waals surface area contributed by atoms with Crippen molar-refractivity contribution in [3.05, 3.63) is 96.3 Å². The average Bonchev–Trinajstić information content (AvgIpc) is 3.52. The third-order valence-electron chi connectivity index (χ3n) is 10.4. The number of carbonyl (C=O) groups excluding carboxylic acids is 1. The summed E-state index contributed by atoms with van der Waals surface area (Å²) in [5, 5.41) is 1.12. The van der Waals surface area contributed by atoms with Crippen molar-refractivity contribution in [3.8, 4) is 0 Å². The second kappa shape index (κ2) is 8.60. The molecule has 6 nitrogen and oxygen atoms in total. The number of sulfonamides is 1. The standard InChI is InChI=1S/C31H32FN2O4PS/c1-30(2)22-17-18-31(30)20-40(37,38)34(26(31)19-22)29(35)28-27(21-13-15-23(32)16-14-21)33(28)39(36,24-9-5-3-6-10-24)25-11-7-4-8-12-25/h3-16,22,26-28H,17-20H2,1-2H3/t22-,26-,27-,28-,31-,33?/m0/s1. The van der Waals surface area contributed by atoms with Gasteiger partial charge in [-0.15, -0.1) is 0 Å². The van der Waals surface area contributed by atoms with Gasteiger partial charge in [-0.1, -0.05) is 62.4 Å². The molecule has 9 heteroatoms. The van der Waals surface area contributed by atoms with E-state index in [2.05, 4.69) is 13.8 Å². The molecule has 0 N–H and O–H groups in total. The summed E-state index contributed by atoms with van der Waals surface area (Å²) in [6.07, 6.45) is 2.44. The highest BCUT2D eigenvalue weighted by Gasteiger charge is 2.74. The number of fused-ring (bicyclic) bond motifs is 1. The molecule has 1 spiro atoms. The normalized spacial score (nSPS) is 33.1. The Morgan fingerprint density at radius 1 is 0.925 bits per heavy atom. The fourth-order valence-corrected chi connectivity index (χ4v) is 13.9. The van der Waals surface area contributed by atoms with Crippen molar-refractivity contribution >= 4 is 33.8 Å². The number of nitrogens with zero attached hydrogens (tertiary/aromatic N) is 2. The Morgan fingerprint density at radius 2 is 1.50 bits per heavy atom. The highest BCUT2D eigenvalue weighted by atomic mass is 32.2. The highest BCUT2D eigenvalue weighted by Crippen LogP contribution is 2.71. The lowest BCUT2D eigenvalue weighted by molar-refractivity contribution is -0.129. The van der Waals surface area contributed by atoms with Crippen LogP contribution in [0.25, 0.3) is 0 Å². The van der Waals surface area contributed by atoms with Gasteiger partial charge in [-0.05, 0) is 72.6 Å². The van der Waals surface area contributed by atoms with Crippen LogP contribution in [0.15, 0.2) is 84.9 Å². The summed E-state index contributed by atoms with van der Waals surface area (Å²) >= 11 is 0. The van der Waals surface area contributed by atoms with Crippen molar-refractivity contribution in [3.63, 3.8) is 0 Å². The average molecular weight is 579 g/mol. The molecule has 2 saturated carbocycles. The largest absolute Gasteiger partial charge is 0.296 e. The maximum absolute atomic E-state index is 15.3. The quantitative estimate of drug-likeness (QED) is 0.320. The summed E-state index contributed by atoms with van der Waals surface area (Å²) < 4.78 is 59.6. The van der Waals surface area contributed by atoms with Crippen LogP contribution in [0.3, 0.4) is 0 Å². The molecule has 2 saturated heterocycles. The van der Waals surface area contributed by atoms with E-state index in [0.717, 1.165) is 12.8 Å². The van der Waals surface area contributed by atoms with E-state index >= 15 is 4.57 Å². The molecule has 4 fully saturated rings. The van der Waals surface area contributed by atoms with Crippen molar-refractivity contribution in [2.45, 2.75) is 51.2 Å². The number of rotatable bonds is 5. The maximum atomic E-state index is 15.3. The zero-order valence-corrected chi connectivity index (χ0v) is 24.2. The van der Waals surface area contributed by atoms with Gasteiger partial charge >= 0.3 is 0 Å². The van der Waals surface area contributed by atoms with E-state index in [0.29, 0.717) is 28.5 Å². The third kappa shape index (κ3) is 3.39. The molecule has 2 aliphatic carbocycles. The van der Waals surface area contributed by atoms with E-state index in [-0.39, 0.29) is 17.2 Å². The Bertz CT molecular complexity index is 1600. The minimum atomic E-state index is -3.87. The zero-order chi connectivity index (χ0) is 28.1. The van der Waals surface area contributed by atoms with Gasteiger partial charge in [0.15, 0.2) is 0 Å². The van der Waals surface area contributed by atoms with Crippen LogP contribution < -0.4 is 10.6 Å². The Hall–Kier alpha value is -2.80. The Labute approximate surface area is 234 Å². The number of halogens is 1. The zero-order valence-electron chi connectivity index (χ0n) is 22.5. The van der Waals surface area contributed by atoms with Crippen LogP contribution in [-0.4, -0.2) is 41.1 Å². The number of benzene rings is 3. The molecule has 0 aromatic heterocycles. The first-order valence-corrected chi connectivity index (χ1v) is 17.1. The molecule has 2 heterocycles. The number of carbonyl (C=O) groups is 1. The minimum Gasteiger partial charge on any atom is -0.296 e. The van der Waals surface area contributed by atoms with Crippen molar-refractivity contribution < 1.29 is 22.2 Å². The number of amides is 1. The van der Waals surface area contributed by atoms with Crippen LogP contribution in [0.4, 0.5) is 4.39 Å². The third-order valence-corrected chi connectivity index (χ3v) is 15.5. The lowest BCUT2D eigenvalue weighted by atomic mass is 9.69. The number of hydrogen-bond donors (Lipinski definition) is 0. The first-order chi connectivity index (χ1) is 19.0. The van der Waals surface area contributed by atoms with Gasteiger partial charge < -0.3 is 0 Å². The van der Waals surface area contributed by atoms with Gasteiger partial charge in [0.1, 0.15) is 11.9 Å². The lowest BCUT2D eigenvalue weighted by Crippen LogP contribution is -2.46. The molecule has 7 rings (SSSR count). The molecule has 2 bridgehead atoms. The van der Waals surface area contributed by atoms with Crippen LogP contribution in [0, 0.1) is 22.6 Å². The molecular weight excluding hydrogens is 546 g/mol. The van der Waals surface area contributed by atoms with Crippen molar-refractivity contribution in [1.82, 2.24) is 8.98 Å². The van der Waals surface area contributed by atoms with Crippen LogP contribution in [0.2, 0.25) is 0 Å². The van der Waals surface area contributed by atoms with E-state index in [1.807, 2.05) is 36.4 Å². The SMILES string of the molecule is CC1(C)[C@H]2CC[C@@]13CS(=O)(=O)N(C(=O)[C@@H]1[C@H](c4ccc(F)cc4)N1P(=O)(c1ccccc1)c1ccccc1)[C@H]3C2. The summed E-state index contributed by atoms with van der Waals surface area (Å²) in [6, 6.07) is 21.9. The predicted octanol–water partition coefficient (Wildman–Crippen LogP) is 4.85. The fourth-order valence-electron chi connectivity index (χ4n) is 8.20. The van der Waals surface area contributed by atoms with Crippen molar-refractivity contribution in [1.29, 1.82) is 0 Å². The van der Waals surface area contributed by atoms with E-state index in [1.54, 1.807) is 41.1 Å². The molecule has 0 radical (unpaired) electrons. The van der Waals surface area contributed by atoms with Crippen LogP contribution in [-0.2, 0) is 19.4 Å². The second-order valence-electron chi connectivity index (χ2n) is 12.3. The van der Waals surface area contributed by atoms with E-state index in [4.69, 9.17) is 0 Å². The molecule has 4 aliphatic rings. The summed E-state index contributed by atoms with van der Waals surface area (Å²) in [5.41, 5.74) is -0.00543. The topological polar surface area (TPSA) is 74.5 Å². The first-order valence-electron chi connectivity index (χ1n) is 13.8. The van der Waals surface area contributed by atoms with Gasteiger partial charge in [0.25, 0.3) is 5.91 Å². The highest BCUT2D eigenvalue weighted by molar-refractivity contribution is 7.90. The van der Waals surface area contributed by atoms with Gasteiger partial charge in [-0.25, -0.2) is 21.8 Å². The second-order valence-corrected chi connectivity index (χ2v) is 16.8. The molecule has 3 aromatic rings. The van der Waals surface area contributed by atoms with Crippen molar-refractivity contribution in [2.75, 3.05) is 5.75 Å². The summed E-state index contributed by atoms with van der Waals surface area (Å²) in [7, 11) is -7.45. The van der Waals surface area contributed by atoms with E-state index < -0.39 is 46.5 Å². The smallest absolute Gasteiger partial charge is 0.256 e. The maximum Gasteiger partial charge on any atom is 0.256 e. The molecule has 2 aliphatic heterocycles. The monoisotopic (exact) mass is 578 g/mol. The Balaban J connectivity index is 1.36. The Morgan fingerprint density at radius 3 is 2.05 bits per heavy atom. The molecule has 208 valence electrons. The minimum absolute atomic E-state index is 0.0249.